The molecular weight excluding hydrogens is 226 g/mol. The van der Waals surface area contributed by atoms with Gasteiger partial charge in [-0.1, -0.05) is 0 Å². The molecule has 1 aromatic carbocycles. The van der Waals surface area contributed by atoms with Gasteiger partial charge in [-0.05, 0) is 26.0 Å². The number of aromatic hydroxyl groups is 2. The van der Waals surface area contributed by atoms with Gasteiger partial charge < -0.3 is 20.6 Å². The molecule has 0 saturated carbocycles. The van der Waals surface area contributed by atoms with Gasteiger partial charge in [-0.3, -0.25) is 4.79 Å². The Kier molecular flexibility index (Phi) is 3.26. The molecule has 0 radical (unpaired) electrons. The molecule has 0 aliphatic carbocycles. The summed E-state index contributed by atoms with van der Waals surface area (Å²) < 4.78 is 0. The molecule has 1 aromatic rings. The summed E-state index contributed by atoms with van der Waals surface area (Å²) in [6.07, 6.45) is 0. The number of carboxylic acid groups (broad SMARTS) is 1. The maximum atomic E-state index is 11.7. The highest BCUT2D eigenvalue weighted by Crippen LogP contribution is 2.20. The van der Waals surface area contributed by atoms with Crippen LogP contribution < -0.4 is 5.32 Å². The second-order valence-corrected chi connectivity index (χ2v) is 4.12. The number of aliphatic carboxylic acids is 1. The maximum Gasteiger partial charge on any atom is 0.328 e. The van der Waals surface area contributed by atoms with Crippen molar-refractivity contribution in [3.8, 4) is 11.5 Å². The number of nitrogens with one attached hydrogen (secondary N) is 1. The Morgan fingerprint density at radius 1 is 1.12 bits per heavy atom. The van der Waals surface area contributed by atoms with E-state index in [1.807, 2.05) is 0 Å². The summed E-state index contributed by atoms with van der Waals surface area (Å²) in [5, 5.41) is 29.5. The molecule has 4 N–H and O–H groups in total. The molecule has 0 heterocycles. The van der Waals surface area contributed by atoms with E-state index in [1.165, 1.54) is 13.8 Å². The smallest absolute Gasteiger partial charge is 0.328 e. The molecule has 0 atom stereocenters. The van der Waals surface area contributed by atoms with Gasteiger partial charge in [0.1, 0.15) is 17.0 Å². The Hall–Kier alpha value is -2.24. The Labute approximate surface area is 97.5 Å². The Morgan fingerprint density at radius 2 is 1.59 bits per heavy atom. The molecule has 1 amide bonds. The largest absolute Gasteiger partial charge is 0.508 e. The minimum Gasteiger partial charge on any atom is -0.508 e. The minimum atomic E-state index is -1.43. The zero-order valence-electron chi connectivity index (χ0n) is 9.39. The molecule has 0 spiro atoms. The van der Waals surface area contributed by atoms with Crippen LogP contribution in [0.4, 0.5) is 0 Å². The van der Waals surface area contributed by atoms with E-state index in [0.717, 1.165) is 18.2 Å². The van der Waals surface area contributed by atoms with Gasteiger partial charge in [0.05, 0.1) is 0 Å². The van der Waals surface area contributed by atoms with Crippen LogP contribution in [0.2, 0.25) is 0 Å². The number of carbonyl (C=O) groups excluding carboxylic acids is 1. The quantitative estimate of drug-likeness (QED) is 0.620. The predicted octanol–water partition coefficient (Wildman–Crippen LogP) is 0.691. The molecule has 6 heteroatoms. The number of hydrogen-bond acceptors (Lipinski definition) is 4. The molecule has 0 fully saturated rings. The van der Waals surface area contributed by atoms with E-state index in [4.69, 9.17) is 5.11 Å². The fraction of sp³-hybridized carbons (Fsp3) is 0.273. The normalized spacial score (nSPS) is 10.9. The SMILES string of the molecule is CC(C)(NC(=O)c1cc(O)cc(O)c1)C(=O)O. The van der Waals surface area contributed by atoms with Crippen LogP contribution in [0.15, 0.2) is 18.2 Å². The van der Waals surface area contributed by atoms with Crippen LogP contribution in [0.1, 0.15) is 24.2 Å². The van der Waals surface area contributed by atoms with Gasteiger partial charge in [0.15, 0.2) is 0 Å². The summed E-state index contributed by atoms with van der Waals surface area (Å²) in [6.45, 7) is 2.66. The monoisotopic (exact) mass is 239 g/mol. The molecule has 0 aromatic heterocycles. The average molecular weight is 239 g/mol. The Morgan fingerprint density at radius 3 is 2.00 bits per heavy atom. The van der Waals surface area contributed by atoms with Crippen molar-refractivity contribution in [3.05, 3.63) is 23.8 Å². The highest BCUT2D eigenvalue weighted by atomic mass is 16.4. The number of phenols is 2. The van der Waals surface area contributed by atoms with Gasteiger partial charge in [0.25, 0.3) is 5.91 Å². The van der Waals surface area contributed by atoms with Crippen molar-refractivity contribution in [3.63, 3.8) is 0 Å². The van der Waals surface area contributed by atoms with Gasteiger partial charge in [-0.15, -0.1) is 0 Å². The Balaban J connectivity index is 2.94. The molecule has 0 bridgehead atoms. The van der Waals surface area contributed by atoms with Crippen molar-refractivity contribution in [1.82, 2.24) is 5.32 Å². The van der Waals surface area contributed by atoms with Crippen molar-refractivity contribution >= 4 is 11.9 Å². The molecular formula is C11H13NO5. The van der Waals surface area contributed by atoms with E-state index in [2.05, 4.69) is 5.32 Å². The minimum absolute atomic E-state index is 0.0168. The molecule has 92 valence electrons. The first-order chi connectivity index (χ1) is 7.72. The van der Waals surface area contributed by atoms with Gasteiger partial charge in [0, 0.05) is 11.6 Å². The molecule has 1 rings (SSSR count). The Bertz CT molecular complexity index is 447. The van der Waals surface area contributed by atoms with Crippen LogP contribution in [-0.2, 0) is 4.79 Å². The summed E-state index contributed by atoms with van der Waals surface area (Å²) in [6, 6.07) is 3.33. The fourth-order valence-corrected chi connectivity index (χ4v) is 1.14. The van der Waals surface area contributed by atoms with Gasteiger partial charge in [0.2, 0.25) is 0 Å². The third-order valence-corrected chi connectivity index (χ3v) is 2.13. The molecule has 17 heavy (non-hydrogen) atoms. The third kappa shape index (κ3) is 3.10. The zero-order chi connectivity index (χ0) is 13.2. The van der Waals surface area contributed by atoms with E-state index >= 15 is 0 Å². The van der Waals surface area contributed by atoms with Gasteiger partial charge in [-0.25, -0.2) is 4.79 Å². The van der Waals surface area contributed by atoms with Crippen LogP contribution >= 0.6 is 0 Å². The molecule has 6 nitrogen and oxygen atoms in total. The molecule has 0 aliphatic rings. The highest BCUT2D eigenvalue weighted by Gasteiger charge is 2.29. The predicted molar refractivity (Wildman–Crippen MR) is 59.0 cm³/mol. The molecule has 0 unspecified atom stereocenters. The average Bonchev–Trinajstić information content (AvgIpc) is 2.15. The van der Waals surface area contributed by atoms with Crippen LogP contribution in [-0.4, -0.2) is 32.7 Å². The summed E-state index contributed by atoms with van der Waals surface area (Å²) in [4.78, 5) is 22.5. The van der Waals surface area contributed by atoms with E-state index < -0.39 is 17.4 Å². The molecule has 0 saturated heterocycles. The standard InChI is InChI=1S/C11H13NO5/c1-11(2,10(16)17)12-9(15)6-3-7(13)5-8(14)4-6/h3-5,13-14H,1-2H3,(H,12,15)(H,16,17). The second kappa shape index (κ2) is 4.32. The van der Waals surface area contributed by atoms with Crippen molar-refractivity contribution < 1.29 is 24.9 Å². The number of hydrogen-bond donors (Lipinski definition) is 4. The number of amides is 1. The summed E-state index contributed by atoms with van der Waals surface area (Å²) in [5.41, 5.74) is -1.45. The number of carbonyl (C=O) groups is 2. The van der Waals surface area contributed by atoms with Crippen molar-refractivity contribution in [1.29, 1.82) is 0 Å². The van der Waals surface area contributed by atoms with Crippen molar-refractivity contribution in [2.45, 2.75) is 19.4 Å². The van der Waals surface area contributed by atoms with E-state index in [1.54, 1.807) is 0 Å². The summed E-state index contributed by atoms with van der Waals surface area (Å²) >= 11 is 0. The lowest BCUT2D eigenvalue weighted by Crippen LogP contribution is -2.49. The first-order valence-corrected chi connectivity index (χ1v) is 4.81. The lowest BCUT2D eigenvalue weighted by molar-refractivity contribution is -0.143. The van der Waals surface area contributed by atoms with Crippen LogP contribution in [0.25, 0.3) is 0 Å². The first-order valence-electron chi connectivity index (χ1n) is 4.81. The van der Waals surface area contributed by atoms with Gasteiger partial charge in [-0.2, -0.15) is 0 Å². The topological polar surface area (TPSA) is 107 Å². The number of rotatable bonds is 3. The van der Waals surface area contributed by atoms with Gasteiger partial charge >= 0.3 is 5.97 Å². The van der Waals surface area contributed by atoms with Crippen LogP contribution in [0.3, 0.4) is 0 Å². The highest BCUT2D eigenvalue weighted by molar-refractivity contribution is 5.98. The van der Waals surface area contributed by atoms with E-state index in [0.29, 0.717) is 0 Å². The third-order valence-electron chi connectivity index (χ3n) is 2.13. The van der Waals surface area contributed by atoms with E-state index in [-0.39, 0.29) is 17.1 Å². The molecule has 0 aliphatic heterocycles. The summed E-state index contributed by atoms with van der Waals surface area (Å²) in [5.74, 6) is -2.43. The maximum absolute atomic E-state index is 11.7. The fourth-order valence-electron chi connectivity index (χ4n) is 1.14. The van der Waals surface area contributed by atoms with E-state index in [9.17, 15) is 19.8 Å². The lowest BCUT2D eigenvalue weighted by Gasteiger charge is -2.21. The number of carboxylic acids is 1. The first kappa shape index (κ1) is 12.8. The number of benzene rings is 1. The van der Waals surface area contributed by atoms with Crippen molar-refractivity contribution in [2.75, 3.05) is 0 Å². The summed E-state index contributed by atoms with van der Waals surface area (Å²) in [7, 11) is 0. The van der Waals surface area contributed by atoms with Crippen LogP contribution in [0.5, 0.6) is 11.5 Å². The second-order valence-electron chi connectivity index (χ2n) is 4.12. The number of phenolic OH excluding ortho intramolecular Hbond substituents is 2. The van der Waals surface area contributed by atoms with Crippen molar-refractivity contribution in [2.24, 2.45) is 0 Å². The zero-order valence-corrected chi connectivity index (χ0v) is 9.39. The lowest BCUT2D eigenvalue weighted by atomic mass is 10.1. The van der Waals surface area contributed by atoms with Crippen LogP contribution in [0, 0.1) is 0 Å².